The van der Waals surface area contributed by atoms with Gasteiger partial charge in [0.25, 0.3) is 0 Å². The van der Waals surface area contributed by atoms with Crippen LogP contribution < -0.4 is 9.47 Å². The predicted octanol–water partition coefficient (Wildman–Crippen LogP) is 5.86. The van der Waals surface area contributed by atoms with Crippen molar-refractivity contribution >= 4 is 35.2 Å². The third-order valence-corrected chi connectivity index (χ3v) is 4.31. The van der Waals surface area contributed by atoms with Gasteiger partial charge in [0.05, 0.1) is 11.2 Å². The Hall–Kier alpha value is -3.02. The number of nitrogens with zero attached hydrogens (tertiary/aromatic N) is 1. The standard InChI is InChI=1S/C21H15Cl2NO4/c22-17-4-2-1-3-15(17)13-27-16-7-9-20(24-12-16)28-19-8-5-14(11-18(19)23)6-10-21(25)26/h1-12H,13H2,(H,25,26). The first-order valence-corrected chi connectivity index (χ1v) is 8.97. The van der Waals surface area contributed by atoms with Gasteiger partial charge in [-0.2, -0.15) is 0 Å². The van der Waals surface area contributed by atoms with Crippen molar-refractivity contribution in [2.24, 2.45) is 0 Å². The van der Waals surface area contributed by atoms with Gasteiger partial charge in [0.2, 0.25) is 5.88 Å². The number of aliphatic carboxylic acids is 1. The normalized spacial score (nSPS) is 10.8. The number of carboxylic acid groups (broad SMARTS) is 1. The van der Waals surface area contributed by atoms with E-state index in [1.54, 1.807) is 36.5 Å². The van der Waals surface area contributed by atoms with Gasteiger partial charge in [0.1, 0.15) is 18.1 Å². The molecule has 0 spiro atoms. The molecule has 0 amide bonds. The molecule has 28 heavy (non-hydrogen) atoms. The fourth-order valence-electron chi connectivity index (χ4n) is 2.27. The third kappa shape index (κ3) is 5.49. The summed E-state index contributed by atoms with van der Waals surface area (Å²) in [6.45, 7) is 0.332. The monoisotopic (exact) mass is 415 g/mol. The first-order valence-electron chi connectivity index (χ1n) is 8.22. The lowest BCUT2D eigenvalue weighted by Crippen LogP contribution is -1.97. The molecule has 0 radical (unpaired) electrons. The van der Waals surface area contributed by atoms with Gasteiger partial charge in [0.15, 0.2) is 0 Å². The Labute approximate surface area is 171 Å². The highest BCUT2D eigenvalue weighted by Crippen LogP contribution is 2.30. The molecule has 0 atom stereocenters. The number of rotatable bonds is 7. The number of hydrogen-bond donors (Lipinski definition) is 1. The number of benzene rings is 2. The summed E-state index contributed by atoms with van der Waals surface area (Å²) in [6, 6.07) is 15.8. The van der Waals surface area contributed by atoms with E-state index in [0.717, 1.165) is 11.6 Å². The molecule has 5 nitrogen and oxygen atoms in total. The lowest BCUT2D eigenvalue weighted by Gasteiger charge is -2.09. The lowest BCUT2D eigenvalue weighted by atomic mass is 10.2. The maximum absolute atomic E-state index is 10.6. The number of hydrogen-bond acceptors (Lipinski definition) is 4. The smallest absolute Gasteiger partial charge is 0.328 e. The quantitative estimate of drug-likeness (QED) is 0.489. The summed E-state index contributed by atoms with van der Waals surface area (Å²) in [5.74, 6) is 0.303. The van der Waals surface area contributed by atoms with Crippen molar-refractivity contribution in [3.63, 3.8) is 0 Å². The lowest BCUT2D eigenvalue weighted by molar-refractivity contribution is -0.131. The number of carbonyl (C=O) groups is 1. The van der Waals surface area contributed by atoms with Crippen LogP contribution in [0.25, 0.3) is 6.08 Å². The zero-order valence-corrected chi connectivity index (χ0v) is 16.0. The highest BCUT2D eigenvalue weighted by atomic mass is 35.5. The van der Waals surface area contributed by atoms with Crippen LogP contribution in [0.2, 0.25) is 10.0 Å². The molecule has 0 bridgehead atoms. The first kappa shape index (κ1) is 19.7. The molecule has 2 aromatic carbocycles. The van der Waals surface area contributed by atoms with Crippen molar-refractivity contribution in [2.75, 3.05) is 0 Å². The fraction of sp³-hybridized carbons (Fsp3) is 0.0476. The van der Waals surface area contributed by atoms with Crippen LogP contribution >= 0.6 is 23.2 Å². The van der Waals surface area contributed by atoms with E-state index in [2.05, 4.69) is 4.98 Å². The second-order valence-electron chi connectivity index (χ2n) is 5.68. The summed E-state index contributed by atoms with van der Waals surface area (Å²) in [5.41, 5.74) is 1.53. The van der Waals surface area contributed by atoms with Crippen LogP contribution in [-0.2, 0) is 11.4 Å². The van der Waals surface area contributed by atoms with E-state index in [4.69, 9.17) is 37.8 Å². The van der Waals surface area contributed by atoms with Gasteiger partial charge in [-0.1, -0.05) is 47.5 Å². The topological polar surface area (TPSA) is 68.7 Å². The number of halogens is 2. The Bertz CT molecular complexity index is 1000. The third-order valence-electron chi connectivity index (χ3n) is 3.65. The van der Waals surface area contributed by atoms with Crippen molar-refractivity contribution in [1.82, 2.24) is 4.98 Å². The summed E-state index contributed by atoms with van der Waals surface area (Å²) >= 11 is 12.3. The number of aromatic nitrogens is 1. The average Bonchev–Trinajstić information content (AvgIpc) is 2.68. The SMILES string of the molecule is O=C(O)C=Cc1ccc(Oc2ccc(OCc3ccccc3Cl)cn2)c(Cl)c1. The van der Waals surface area contributed by atoms with Crippen LogP contribution in [0.5, 0.6) is 17.4 Å². The van der Waals surface area contributed by atoms with Gasteiger partial charge in [0, 0.05) is 22.7 Å². The second kappa shape index (κ2) is 9.26. The van der Waals surface area contributed by atoms with E-state index in [-0.39, 0.29) is 0 Å². The van der Waals surface area contributed by atoms with Gasteiger partial charge in [-0.25, -0.2) is 9.78 Å². The van der Waals surface area contributed by atoms with E-state index in [1.807, 2.05) is 24.3 Å². The molecular formula is C21H15Cl2NO4. The second-order valence-corrected chi connectivity index (χ2v) is 6.49. The minimum absolute atomic E-state index is 0.332. The predicted molar refractivity (Wildman–Crippen MR) is 108 cm³/mol. The van der Waals surface area contributed by atoms with Gasteiger partial charge < -0.3 is 14.6 Å². The highest BCUT2D eigenvalue weighted by molar-refractivity contribution is 6.32. The van der Waals surface area contributed by atoms with Crippen molar-refractivity contribution in [2.45, 2.75) is 6.61 Å². The Kier molecular flexibility index (Phi) is 6.53. The van der Waals surface area contributed by atoms with Crippen LogP contribution in [0, 0.1) is 0 Å². The molecule has 0 unspecified atom stereocenters. The van der Waals surface area contributed by atoms with E-state index in [0.29, 0.717) is 39.6 Å². The van der Waals surface area contributed by atoms with Crippen LogP contribution in [0.1, 0.15) is 11.1 Å². The summed E-state index contributed by atoms with van der Waals surface area (Å²) in [6.07, 6.45) is 4.03. The van der Waals surface area contributed by atoms with Crippen molar-refractivity contribution in [3.8, 4) is 17.4 Å². The summed E-state index contributed by atoms with van der Waals surface area (Å²) in [4.78, 5) is 14.8. The molecule has 1 heterocycles. The molecule has 0 aliphatic heterocycles. The first-order chi connectivity index (χ1) is 13.5. The molecule has 0 fully saturated rings. The fourth-order valence-corrected chi connectivity index (χ4v) is 2.69. The van der Waals surface area contributed by atoms with Crippen molar-refractivity contribution < 1.29 is 19.4 Å². The Morgan fingerprint density at radius 3 is 2.57 bits per heavy atom. The molecular weight excluding hydrogens is 401 g/mol. The van der Waals surface area contributed by atoms with Crippen LogP contribution in [-0.4, -0.2) is 16.1 Å². The molecule has 0 aliphatic rings. The maximum Gasteiger partial charge on any atom is 0.328 e. The minimum Gasteiger partial charge on any atom is -0.487 e. The molecule has 7 heteroatoms. The van der Waals surface area contributed by atoms with E-state index < -0.39 is 5.97 Å². The molecule has 0 saturated heterocycles. The summed E-state index contributed by atoms with van der Waals surface area (Å²) < 4.78 is 11.3. The average molecular weight is 416 g/mol. The van der Waals surface area contributed by atoms with Crippen LogP contribution in [0.15, 0.2) is 66.9 Å². The molecule has 1 aromatic heterocycles. The molecule has 3 aromatic rings. The van der Waals surface area contributed by atoms with E-state index >= 15 is 0 Å². The number of carboxylic acids is 1. The van der Waals surface area contributed by atoms with Gasteiger partial charge in [-0.05, 0) is 35.9 Å². The minimum atomic E-state index is -1.03. The highest BCUT2D eigenvalue weighted by Gasteiger charge is 2.06. The van der Waals surface area contributed by atoms with E-state index in [1.165, 1.54) is 6.08 Å². The number of pyridine rings is 1. The van der Waals surface area contributed by atoms with Gasteiger partial charge in [-0.3, -0.25) is 0 Å². The maximum atomic E-state index is 10.6. The Morgan fingerprint density at radius 2 is 1.89 bits per heavy atom. The largest absolute Gasteiger partial charge is 0.487 e. The summed E-state index contributed by atoms with van der Waals surface area (Å²) in [5, 5.41) is 9.65. The Morgan fingerprint density at radius 1 is 1.07 bits per heavy atom. The van der Waals surface area contributed by atoms with Crippen LogP contribution in [0.4, 0.5) is 0 Å². The van der Waals surface area contributed by atoms with E-state index in [9.17, 15) is 4.79 Å². The van der Waals surface area contributed by atoms with Crippen molar-refractivity contribution in [3.05, 3.63) is 88.0 Å². The number of ether oxygens (including phenoxy) is 2. The zero-order valence-electron chi connectivity index (χ0n) is 14.5. The summed E-state index contributed by atoms with van der Waals surface area (Å²) in [7, 11) is 0. The van der Waals surface area contributed by atoms with Crippen LogP contribution in [0.3, 0.4) is 0 Å². The molecule has 1 N–H and O–H groups in total. The molecule has 3 rings (SSSR count). The van der Waals surface area contributed by atoms with Gasteiger partial charge >= 0.3 is 5.97 Å². The zero-order chi connectivity index (χ0) is 19.9. The van der Waals surface area contributed by atoms with Gasteiger partial charge in [-0.15, -0.1) is 0 Å². The van der Waals surface area contributed by atoms with Crippen molar-refractivity contribution in [1.29, 1.82) is 0 Å². The molecule has 142 valence electrons. The molecule has 0 saturated carbocycles. The molecule has 0 aliphatic carbocycles. The Balaban J connectivity index is 1.62.